The molecule has 1 atom stereocenters. The van der Waals surface area contributed by atoms with E-state index in [0.29, 0.717) is 6.04 Å². The van der Waals surface area contributed by atoms with Crippen LogP contribution in [0.4, 0.5) is 0 Å². The minimum atomic E-state index is -1.82. The molecular weight excluding hydrogens is 346 g/mol. The Kier molecular flexibility index (Phi) is 9.28. The predicted octanol–water partition coefficient (Wildman–Crippen LogP) is 2.82. The summed E-state index contributed by atoms with van der Waals surface area (Å²) in [6.07, 6.45) is 7.84. The van der Waals surface area contributed by atoms with Gasteiger partial charge in [-0.25, -0.2) is 14.6 Å². The molecule has 2 aromatic rings. The fourth-order valence-electron chi connectivity index (χ4n) is 2.15. The monoisotopic (exact) mass is 367 g/mol. The Morgan fingerprint density at radius 2 is 1.88 bits per heavy atom. The molecule has 7 nitrogen and oxygen atoms in total. The molecule has 25 heavy (non-hydrogen) atoms. The number of imidazole rings is 1. The number of carboxylic acid groups (broad SMARTS) is 2. The number of nitrogens with one attached hydrogen (secondary N) is 1. The third-order valence-corrected chi connectivity index (χ3v) is 3.66. The standard InChI is InChI=1S/C15H20ClN3.C2H2O4/c1-2-15(13-4-6-14(16)7-5-13)18-8-3-10-19-11-9-17-12-19;3-1(4)2(5)6/h4-7,9,11-12,15,18H,2-3,8,10H2,1H3;(H,3,4)(H,5,6). The predicted molar refractivity (Wildman–Crippen MR) is 94.6 cm³/mol. The van der Waals surface area contributed by atoms with Crippen LogP contribution in [0.5, 0.6) is 0 Å². The van der Waals surface area contributed by atoms with Crippen LogP contribution in [-0.4, -0.2) is 38.2 Å². The largest absolute Gasteiger partial charge is 0.473 e. The van der Waals surface area contributed by atoms with Gasteiger partial charge in [0.1, 0.15) is 0 Å². The molecule has 0 aliphatic heterocycles. The van der Waals surface area contributed by atoms with Gasteiger partial charge in [-0.1, -0.05) is 30.7 Å². The van der Waals surface area contributed by atoms with Crippen molar-refractivity contribution >= 4 is 23.5 Å². The second-order valence-electron chi connectivity index (χ2n) is 5.23. The summed E-state index contributed by atoms with van der Waals surface area (Å²) in [6, 6.07) is 8.50. The molecule has 1 heterocycles. The quantitative estimate of drug-likeness (QED) is 0.513. The van der Waals surface area contributed by atoms with Crippen LogP contribution in [-0.2, 0) is 16.1 Å². The SMILES string of the molecule is CCC(NCCCn1ccnc1)c1ccc(Cl)cc1.O=C(O)C(=O)O. The van der Waals surface area contributed by atoms with Crippen LogP contribution in [0.2, 0.25) is 5.02 Å². The number of benzene rings is 1. The van der Waals surface area contributed by atoms with Gasteiger partial charge in [0, 0.05) is 30.0 Å². The van der Waals surface area contributed by atoms with Gasteiger partial charge in [-0.15, -0.1) is 0 Å². The third-order valence-electron chi connectivity index (χ3n) is 3.41. The number of hydrogen-bond donors (Lipinski definition) is 3. The van der Waals surface area contributed by atoms with Gasteiger partial charge >= 0.3 is 11.9 Å². The Balaban J connectivity index is 0.000000450. The summed E-state index contributed by atoms with van der Waals surface area (Å²) in [5.41, 5.74) is 1.30. The minimum absolute atomic E-state index is 0.403. The first kappa shape index (κ1) is 20.7. The van der Waals surface area contributed by atoms with E-state index < -0.39 is 11.9 Å². The van der Waals surface area contributed by atoms with Crippen molar-refractivity contribution in [2.45, 2.75) is 32.4 Å². The molecule has 0 bridgehead atoms. The lowest BCUT2D eigenvalue weighted by Crippen LogP contribution is -2.22. The second-order valence-corrected chi connectivity index (χ2v) is 5.67. The van der Waals surface area contributed by atoms with Gasteiger partial charge in [0.15, 0.2) is 0 Å². The van der Waals surface area contributed by atoms with E-state index in [4.69, 9.17) is 31.4 Å². The number of carbonyl (C=O) groups is 2. The van der Waals surface area contributed by atoms with Crippen LogP contribution in [0.1, 0.15) is 31.4 Å². The molecule has 0 spiro atoms. The van der Waals surface area contributed by atoms with E-state index in [2.05, 4.69) is 33.9 Å². The second kappa shape index (κ2) is 11.2. The van der Waals surface area contributed by atoms with Crippen molar-refractivity contribution in [2.24, 2.45) is 0 Å². The topological polar surface area (TPSA) is 104 Å². The van der Waals surface area contributed by atoms with E-state index in [1.54, 1.807) is 0 Å². The number of aromatic nitrogens is 2. The Bertz CT molecular complexity index is 632. The normalized spacial score (nSPS) is 11.3. The van der Waals surface area contributed by atoms with Crippen molar-refractivity contribution < 1.29 is 19.8 Å². The minimum Gasteiger partial charge on any atom is -0.473 e. The third kappa shape index (κ3) is 8.32. The maximum Gasteiger partial charge on any atom is 0.414 e. The van der Waals surface area contributed by atoms with Crippen molar-refractivity contribution in [1.82, 2.24) is 14.9 Å². The summed E-state index contributed by atoms with van der Waals surface area (Å²) < 4.78 is 2.10. The molecule has 136 valence electrons. The highest BCUT2D eigenvalue weighted by atomic mass is 35.5. The molecule has 1 aromatic heterocycles. The molecule has 0 saturated heterocycles. The molecule has 8 heteroatoms. The average molecular weight is 368 g/mol. The van der Waals surface area contributed by atoms with E-state index in [9.17, 15) is 0 Å². The van der Waals surface area contributed by atoms with Crippen LogP contribution >= 0.6 is 11.6 Å². The zero-order valence-corrected chi connectivity index (χ0v) is 14.7. The Hall–Kier alpha value is -2.38. The first-order valence-corrected chi connectivity index (χ1v) is 8.22. The number of aryl methyl sites for hydroxylation is 1. The molecule has 0 amide bonds. The molecule has 0 aliphatic carbocycles. The molecule has 0 saturated carbocycles. The van der Waals surface area contributed by atoms with Gasteiger partial charge in [0.2, 0.25) is 0 Å². The zero-order chi connectivity index (χ0) is 18.7. The Labute approximate surface area is 151 Å². The van der Waals surface area contributed by atoms with Crippen LogP contribution in [0.15, 0.2) is 43.0 Å². The number of nitrogens with zero attached hydrogens (tertiary/aromatic N) is 2. The van der Waals surface area contributed by atoms with Crippen LogP contribution in [0.3, 0.4) is 0 Å². The van der Waals surface area contributed by atoms with Crippen molar-refractivity contribution in [1.29, 1.82) is 0 Å². The first-order valence-electron chi connectivity index (χ1n) is 7.84. The number of halogens is 1. The number of rotatable bonds is 7. The van der Waals surface area contributed by atoms with Gasteiger partial charge in [-0.2, -0.15) is 0 Å². The van der Waals surface area contributed by atoms with Gasteiger partial charge in [0.25, 0.3) is 0 Å². The Morgan fingerprint density at radius 3 is 2.36 bits per heavy atom. The van der Waals surface area contributed by atoms with E-state index >= 15 is 0 Å². The highest BCUT2D eigenvalue weighted by molar-refractivity contribution is 6.30. The summed E-state index contributed by atoms with van der Waals surface area (Å²) in [6.45, 7) is 4.20. The molecule has 1 unspecified atom stereocenters. The van der Waals surface area contributed by atoms with Gasteiger partial charge < -0.3 is 20.1 Å². The zero-order valence-electron chi connectivity index (χ0n) is 13.9. The molecule has 1 aromatic carbocycles. The summed E-state index contributed by atoms with van der Waals surface area (Å²) >= 11 is 5.91. The summed E-state index contributed by atoms with van der Waals surface area (Å²) in [7, 11) is 0. The molecular formula is C17H22ClN3O4. The molecule has 0 aliphatic rings. The Morgan fingerprint density at radius 1 is 1.24 bits per heavy atom. The van der Waals surface area contributed by atoms with E-state index in [1.807, 2.05) is 30.9 Å². The first-order chi connectivity index (χ1) is 11.9. The van der Waals surface area contributed by atoms with E-state index in [1.165, 1.54) is 5.56 Å². The highest BCUT2D eigenvalue weighted by Crippen LogP contribution is 2.18. The molecule has 2 rings (SSSR count). The number of hydrogen-bond acceptors (Lipinski definition) is 4. The van der Waals surface area contributed by atoms with Crippen molar-refractivity contribution in [2.75, 3.05) is 6.54 Å². The van der Waals surface area contributed by atoms with Crippen molar-refractivity contribution in [3.8, 4) is 0 Å². The lowest BCUT2D eigenvalue weighted by atomic mass is 10.0. The number of aliphatic carboxylic acids is 2. The van der Waals surface area contributed by atoms with Crippen molar-refractivity contribution in [3.05, 3.63) is 53.6 Å². The lowest BCUT2D eigenvalue weighted by Gasteiger charge is -2.17. The van der Waals surface area contributed by atoms with Gasteiger partial charge in [-0.05, 0) is 37.1 Å². The summed E-state index contributed by atoms with van der Waals surface area (Å²) in [5, 5.41) is 19.2. The molecule has 0 radical (unpaired) electrons. The maximum atomic E-state index is 9.10. The smallest absolute Gasteiger partial charge is 0.414 e. The van der Waals surface area contributed by atoms with Crippen LogP contribution in [0, 0.1) is 0 Å². The van der Waals surface area contributed by atoms with Gasteiger partial charge in [-0.3, -0.25) is 0 Å². The highest BCUT2D eigenvalue weighted by Gasteiger charge is 2.07. The van der Waals surface area contributed by atoms with Gasteiger partial charge in [0.05, 0.1) is 6.33 Å². The fraction of sp³-hybridized carbons (Fsp3) is 0.353. The summed E-state index contributed by atoms with van der Waals surface area (Å²) in [4.78, 5) is 22.2. The van der Waals surface area contributed by atoms with E-state index in [-0.39, 0.29) is 0 Å². The fourth-order valence-corrected chi connectivity index (χ4v) is 2.28. The van der Waals surface area contributed by atoms with Crippen LogP contribution in [0.25, 0.3) is 0 Å². The lowest BCUT2D eigenvalue weighted by molar-refractivity contribution is -0.159. The maximum absolute atomic E-state index is 9.10. The molecule has 0 fully saturated rings. The average Bonchev–Trinajstić information content (AvgIpc) is 3.10. The van der Waals surface area contributed by atoms with E-state index in [0.717, 1.165) is 31.0 Å². The molecule has 3 N–H and O–H groups in total. The van der Waals surface area contributed by atoms with Crippen LogP contribution < -0.4 is 5.32 Å². The van der Waals surface area contributed by atoms with Crippen molar-refractivity contribution in [3.63, 3.8) is 0 Å². The number of carboxylic acids is 2. The summed E-state index contributed by atoms with van der Waals surface area (Å²) in [5.74, 6) is -3.65.